The Labute approximate surface area is 99.1 Å². The van der Waals surface area contributed by atoms with Gasteiger partial charge >= 0.3 is 0 Å². The Morgan fingerprint density at radius 2 is 2.20 bits per heavy atom. The average Bonchev–Trinajstić information content (AvgIpc) is 2.52. The minimum absolute atomic E-state index is 0.278. The van der Waals surface area contributed by atoms with Gasteiger partial charge in [-0.15, -0.1) is 11.3 Å². The molecule has 0 fully saturated rings. The maximum Gasteiger partial charge on any atom is 0.138 e. The Bertz CT molecular complexity index is 491. The van der Waals surface area contributed by atoms with E-state index in [0.717, 1.165) is 15.4 Å². The van der Waals surface area contributed by atoms with Gasteiger partial charge in [-0.2, -0.15) is 0 Å². The summed E-state index contributed by atoms with van der Waals surface area (Å²) in [4.78, 5) is 5.18. The molecule has 5 heteroatoms. The molecule has 0 spiro atoms. The smallest absolute Gasteiger partial charge is 0.138 e. The third-order valence-electron chi connectivity index (χ3n) is 2.00. The lowest BCUT2D eigenvalue weighted by atomic mass is 10.2. The van der Waals surface area contributed by atoms with Crippen LogP contribution in [0.2, 0.25) is 0 Å². The van der Waals surface area contributed by atoms with Crippen LogP contribution in [0.5, 0.6) is 0 Å². The predicted molar refractivity (Wildman–Crippen MR) is 64.4 cm³/mol. The second-order valence-corrected chi connectivity index (χ2v) is 5.15. The quantitative estimate of drug-likeness (QED) is 0.870. The minimum atomic E-state index is -0.278. The lowest BCUT2D eigenvalue weighted by Gasteiger charge is -1.98. The van der Waals surface area contributed by atoms with Crippen molar-refractivity contribution >= 4 is 33.1 Å². The monoisotopic (exact) mass is 286 g/mol. The third-order valence-corrected chi connectivity index (χ3v) is 3.64. The van der Waals surface area contributed by atoms with Crippen molar-refractivity contribution in [1.82, 2.24) is 4.98 Å². The Balaban J connectivity index is 2.49. The highest BCUT2D eigenvalue weighted by Gasteiger charge is 2.08. The number of anilines is 1. The first-order chi connectivity index (χ1) is 7.08. The molecular formula is C10H8BrFN2S. The molecule has 1 heterocycles. The van der Waals surface area contributed by atoms with Crippen LogP contribution in [0.4, 0.5) is 10.2 Å². The first-order valence-corrected chi connectivity index (χ1v) is 5.87. The number of rotatable bonds is 1. The molecule has 1 aromatic heterocycles. The Kier molecular flexibility index (Phi) is 2.75. The van der Waals surface area contributed by atoms with Crippen LogP contribution < -0.4 is 5.73 Å². The number of aromatic nitrogens is 1. The van der Waals surface area contributed by atoms with Gasteiger partial charge in [-0.1, -0.05) is 0 Å². The molecule has 0 unspecified atom stereocenters. The SMILES string of the molecule is Cc1sc(-c2ccc(F)c(Br)c2)nc1N. The van der Waals surface area contributed by atoms with E-state index in [4.69, 9.17) is 5.73 Å². The van der Waals surface area contributed by atoms with Crippen LogP contribution >= 0.6 is 27.3 Å². The summed E-state index contributed by atoms with van der Waals surface area (Å²) in [5.74, 6) is 0.260. The van der Waals surface area contributed by atoms with Crippen molar-refractivity contribution in [3.8, 4) is 10.6 Å². The van der Waals surface area contributed by atoms with Gasteiger partial charge in [0.05, 0.1) is 4.47 Å². The van der Waals surface area contributed by atoms with E-state index in [2.05, 4.69) is 20.9 Å². The number of thiazole rings is 1. The number of hydrogen-bond acceptors (Lipinski definition) is 3. The normalized spacial score (nSPS) is 10.6. The molecule has 1 aromatic carbocycles. The molecule has 78 valence electrons. The highest BCUT2D eigenvalue weighted by atomic mass is 79.9. The molecule has 2 N–H and O–H groups in total. The zero-order valence-corrected chi connectivity index (χ0v) is 10.3. The van der Waals surface area contributed by atoms with Crippen molar-refractivity contribution in [2.24, 2.45) is 0 Å². The van der Waals surface area contributed by atoms with Gasteiger partial charge in [-0.25, -0.2) is 9.37 Å². The summed E-state index contributed by atoms with van der Waals surface area (Å²) in [6.45, 7) is 1.91. The lowest BCUT2D eigenvalue weighted by molar-refractivity contribution is 0.621. The fourth-order valence-corrected chi connectivity index (χ4v) is 2.37. The number of aryl methyl sites for hydroxylation is 1. The van der Waals surface area contributed by atoms with Gasteiger partial charge in [0.25, 0.3) is 0 Å². The van der Waals surface area contributed by atoms with Gasteiger partial charge in [0.1, 0.15) is 16.6 Å². The highest BCUT2D eigenvalue weighted by molar-refractivity contribution is 9.10. The molecule has 0 saturated carbocycles. The van der Waals surface area contributed by atoms with Crippen molar-refractivity contribution in [3.63, 3.8) is 0 Å². The van der Waals surface area contributed by atoms with Gasteiger partial charge in [-0.3, -0.25) is 0 Å². The third kappa shape index (κ3) is 2.03. The van der Waals surface area contributed by atoms with Gasteiger partial charge in [0, 0.05) is 10.4 Å². The topological polar surface area (TPSA) is 38.9 Å². The summed E-state index contributed by atoms with van der Waals surface area (Å²) in [6, 6.07) is 4.80. The highest BCUT2D eigenvalue weighted by Crippen LogP contribution is 2.31. The largest absolute Gasteiger partial charge is 0.383 e. The molecule has 2 aromatic rings. The van der Waals surface area contributed by atoms with E-state index in [0.29, 0.717) is 10.3 Å². The molecule has 0 aliphatic heterocycles. The van der Waals surface area contributed by atoms with Gasteiger partial charge in [0.15, 0.2) is 0 Å². The maximum atomic E-state index is 13.0. The Morgan fingerprint density at radius 3 is 2.73 bits per heavy atom. The van der Waals surface area contributed by atoms with E-state index in [1.54, 1.807) is 12.1 Å². The summed E-state index contributed by atoms with van der Waals surface area (Å²) in [7, 11) is 0. The van der Waals surface area contributed by atoms with E-state index in [1.165, 1.54) is 17.4 Å². The van der Waals surface area contributed by atoms with E-state index < -0.39 is 0 Å². The molecule has 15 heavy (non-hydrogen) atoms. The molecule has 0 saturated heterocycles. The molecule has 0 aliphatic carbocycles. The van der Waals surface area contributed by atoms with Crippen LogP contribution in [0.15, 0.2) is 22.7 Å². The number of benzene rings is 1. The second-order valence-electron chi connectivity index (χ2n) is 3.09. The zero-order valence-electron chi connectivity index (χ0n) is 7.92. The minimum Gasteiger partial charge on any atom is -0.383 e. The first kappa shape index (κ1) is 10.6. The molecule has 0 bridgehead atoms. The molecular weight excluding hydrogens is 279 g/mol. The van der Waals surface area contributed by atoms with Crippen LogP contribution in [0.1, 0.15) is 4.88 Å². The van der Waals surface area contributed by atoms with Crippen LogP contribution in [0.3, 0.4) is 0 Å². The van der Waals surface area contributed by atoms with E-state index in [-0.39, 0.29) is 5.82 Å². The number of halogens is 2. The second kappa shape index (κ2) is 3.90. The fraction of sp³-hybridized carbons (Fsp3) is 0.100. The Hall–Kier alpha value is -0.940. The molecule has 0 atom stereocenters. The summed E-state index contributed by atoms with van der Waals surface area (Å²) < 4.78 is 13.4. The van der Waals surface area contributed by atoms with Crippen molar-refractivity contribution in [1.29, 1.82) is 0 Å². The van der Waals surface area contributed by atoms with Crippen molar-refractivity contribution in [3.05, 3.63) is 33.4 Å². The number of nitrogen functional groups attached to an aromatic ring is 1. The molecule has 0 radical (unpaired) electrons. The zero-order chi connectivity index (χ0) is 11.0. The van der Waals surface area contributed by atoms with Gasteiger partial charge in [-0.05, 0) is 41.1 Å². The molecule has 0 amide bonds. The van der Waals surface area contributed by atoms with Crippen LogP contribution in [0, 0.1) is 12.7 Å². The maximum absolute atomic E-state index is 13.0. The van der Waals surface area contributed by atoms with E-state index >= 15 is 0 Å². The van der Waals surface area contributed by atoms with Crippen LogP contribution in [0.25, 0.3) is 10.6 Å². The van der Waals surface area contributed by atoms with Crippen molar-refractivity contribution in [2.45, 2.75) is 6.92 Å². The number of nitrogens with zero attached hydrogens (tertiary/aromatic N) is 1. The van der Waals surface area contributed by atoms with E-state index in [1.807, 2.05) is 6.92 Å². The van der Waals surface area contributed by atoms with Gasteiger partial charge < -0.3 is 5.73 Å². The summed E-state index contributed by atoms with van der Waals surface area (Å²) in [5.41, 5.74) is 6.53. The van der Waals surface area contributed by atoms with Crippen molar-refractivity contribution in [2.75, 3.05) is 5.73 Å². The molecule has 2 rings (SSSR count). The van der Waals surface area contributed by atoms with Crippen molar-refractivity contribution < 1.29 is 4.39 Å². The number of hydrogen-bond donors (Lipinski definition) is 1. The van der Waals surface area contributed by atoms with Crippen LogP contribution in [-0.4, -0.2) is 4.98 Å². The average molecular weight is 287 g/mol. The molecule has 0 aliphatic rings. The summed E-state index contributed by atoms with van der Waals surface area (Å²) in [5, 5.41) is 0.811. The summed E-state index contributed by atoms with van der Waals surface area (Å²) in [6.07, 6.45) is 0. The fourth-order valence-electron chi connectivity index (χ4n) is 1.16. The predicted octanol–water partition coefficient (Wildman–Crippen LogP) is 3.60. The summed E-state index contributed by atoms with van der Waals surface area (Å²) >= 11 is 4.64. The van der Waals surface area contributed by atoms with Gasteiger partial charge in [0.2, 0.25) is 0 Å². The standard InChI is InChI=1S/C10H8BrFN2S/c1-5-9(13)14-10(15-5)6-2-3-8(12)7(11)4-6/h2-4H,13H2,1H3. The van der Waals surface area contributed by atoms with Crippen LogP contribution in [-0.2, 0) is 0 Å². The number of nitrogens with two attached hydrogens (primary N) is 1. The lowest BCUT2D eigenvalue weighted by Crippen LogP contribution is -1.86. The first-order valence-electron chi connectivity index (χ1n) is 4.26. The van der Waals surface area contributed by atoms with E-state index in [9.17, 15) is 4.39 Å². The Morgan fingerprint density at radius 1 is 1.47 bits per heavy atom. The molecule has 2 nitrogen and oxygen atoms in total.